The van der Waals surface area contributed by atoms with Crippen LogP contribution in [0.4, 0.5) is 5.69 Å². The Bertz CT molecular complexity index is 484. The van der Waals surface area contributed by atoms with Gasteiger partial charge in [-0.1, -0.05) is 31.7 Å². The van der Waals surface area contributed by atoms with Crippen molar-refractivity contribution in [3.8, 4) is 0 Å². The number of halogens is 1. The van der Waals surface area contributed by atoms with Gasteiger partial charge in [0.15, 0.2) is 5.17 Å². The second-order valence-corrected chi connectivity index (χ2v) is 7.02. The molecule has 2 rings (SSSR count). The van der Waals surface area contributed by atoms with Crippen LogP contribution in [0.25, 0.3) is 0 Å². The lowest BCUT2D eigenvalue weighted by atomic mass is 9.97. The van der Waals surface area contributed by atoms with Gasteiger partial charge >= 0.3 is 0 Å². The van der Waals surface area contributed by atoms with Gasteiger partial charge in [-0.2, -0.15) is 0 Å². The van der Waals surface area contributed by atoms with Crippen LogP contribution >= 0.6 is 27.7 Å². The maximum absolute atomic E-state index is 4.90. The zero-order valence-corrected chi connectivity index (χ0v) is 14.4. The Morgan fingerprint density at radius 3 is 2.53 bits per heavy atom. The summed E-state index contributed by atoms with van der Waals surface area (Å²) in [6, 6.07) is 4.34. The molecule has 0 atom stereocenters. The molecule has 1 aromatic carbocycles. The normalized spacial score (nSPS) is 17.4. The van der Waals surface area contributed by atoms with Crippen LogP contribution in [0.5, 0.6) is 0 Å². The highest BCUT2D eigenvalue weighted by Gasteiger charge is 2.32. The molecule has 1 aliphatic rings. The van der Waals surface area contributed by atoms with Gasteiger partial charge in [0, 0.05) is 10.2 Å². The maximum Gasteiger partial charge on any atom is 0.161 e. The summed E-state index contributed by atoms with van der Waals surface area (Å²) in [5.74, 6) is 1.09. The van der Waals surface area contributed by atoms with E-state index in [4.69, 9.17) is 4.99 Å². The molecule has 1 aromatic rings. The van der Waals surface area contributed by atoms with E-state index >= 15 is 0 Å². The third kappa shape index (κ3) is 3.16. The van der Waals surface area contributed by atoms with E-state index in [1.807, 2.05) is 11.8 Å². The van der Waals surface area contributed by atoms with E-state index < -0.39 is 0 Å². The van der Waals surface area contributed by atoms with Crippen LogP contribution in [0.15, 0.2) is 21.6 Å². The number of nitrogens with zero attached hydrogens (tertiary/aromatic N) is 1. The quantitative estimate of drug-likeness (QED) is 0.823. The molecular weight excluding hydrogens is 320 g/mol. The van der Waals surface area contributed by atoms with Crippen molar-refractivity contribution in [3.05, 3.63) is 27.7 Å². The maximum atomic E-state index is 4.90. The van der Waals surface area contributed by atoms with Crippen molar-refractivity contribution in [3.63, 3.8) is 0 Å². The number of nitrogens with one attached hydrogen (secondary N) is 1. The molecule has 1 heterocycles. The zero-order chi connectivity index (χ0) is 14.0. The number of benzene rings is 1. The van der Waals surface area contributed by atoms with E-state index in [-0.39, 0.29) is 5.54 Å². The number of amidine groups is 1. The van der Waals surface area contributed by atoms with Gasteiger partial charge in [0.25, 0.3) is 0 Å². The van der Waals surface area contributed by atoms with E-state index in [1.165, 1.54) is 11.1 Å². The molecule has 0 radical (unpaired) electrons. The molecule has 1 N–H and O–H groups in total. The number of rotatable bonds is 3. The van der Waals surface area contributed by atoms with Crippen molar-refractivity contribution in [2.75, 3.05) is 11.1 Å². The summed E-state index contributed by atoms with van der Waals surface area (Å²) in [7, 11) is 0. The monoisotopic (exact) mass is 340 g/mol. The molecular formula is C15H21BrN2S. The Balaban J connectivity index is 2.24. The predicted molar refractivity (Wildman–Crippen MR) is 90.4 cm³/mol. The number of aryl methyl sites for hydroxylation is 2. The third-order valence-electron chi connectivity index (χ3n) is 3.80. The second-order valence-electron chi connectivity index (χ2n) is 5.20. The van der Waals surface area contributed by atoms with Gasteiger partial charge in [-0.05, 0) is 59.8 Å². The van der Waals surface area contributed by atoms with Crippen molar-refractivity contribution in [2.24, 2.45) is 4.99 Å². The number of hydrogen-bond acceptors (Lipinski definition) is 3. The van der Waals surface area contributed by atoms with Crippen LogP contribution in [0, 0.1) is 13.8 Å². The minimum atomic E-state index is 0.137. The van der Waals surface area contributed by atoms with Crippen molar-refractivity contribution in [2.45, 2.75) is 46.1 Å². The van der Waals surface area contributed by atoms with Crippen molar-refractivity contribution >= 4 is 38.5 Å². The van der Waals surface area contributed by atoms with Crippen LogP contribution in [0.1, 0.15) is 37.8 Å². The molecule has 0 spiro atoms. The topological polar surface area (TPSA) is 24.4 Å². The first kappa shape index (κ1) is 14.9. The summed E-state index contributed by atoms with van der Waals surface area (Å²) < 4.78 is 1.11. The Labute approximate surface area is 128 Å². The molecule has 0 aromatic heterocycles. The first-order valence-corrected chi connectivity index (χ1v) is 8.54. The van der Waals surface area contributed by atoms with Crippen molar-refractivity contribution < 1.29 is 0 Å². The summed E-state index contributed by atoms with van der Waals surface area (Å²) in [6.45, 7) is 8.70. The van der Waals surface area contributed by atoms with Gasteiger partial charge in [0.05, 0.1) is 11.2 Å². The minimum absolute atomic E-state index is 0.137. The van der Waals surface area contributed by atoms with Crippen LogP contribution in [-0.2, 0) is 0 Å². The Morgan fingerprint density at radius 2 is 2.00 bits per heavy atom. The summed E-state index contributed by atoms with van der Waals surface area (Å²) in [5.41, 5.74) is 3.80. The fourth-order valence-electron chi connectivity index (χ4n) is 2.34. The summed E-state index contributed by atoms with van der Waals surface area (Å²) in [4.78, 5) is 4.90. The van der Waals surface area contributed by atoms with Crippen molar-refractivity contribution in [1.82, 2.24) is 0 Å². The van der Waals surface area contributed by atoms with Crippen LogP contribution in [0.2, 0.25) is 0 Å². The average molecular weight is 341 g/mol. The predicted octanol–water partition coefficient (Wildman–Crippen LogP) is 5.14. The van der Waals surface area contributed by atoms with Gasteiger partial charge < -0.3 is 5.32 Å². The number of anilines is 1. The zero-order valence-electron chi connectivity index (χ0n) is 12.0. The molecule has 0 saturated carbocycles. The highest BCUT2D eigenvalue weighted by atomic mass is 79.9. The lowest BCUT2D eigenvalue weighted by Gasteiger charge is -2.20. The Morgan fingerprint density at radius 1 is 1.32 bits per heavy atom. The third-order valence-corrected chi connectivity index (χ3v) is 5.57. The van der Waals surface area contributed by atoms with E-state index in [1.54, 1.807) is 0 Å². The number of aliphatic imine (C=N–C) groups is 1. The molecule has 19 heavy (non-hydrogen) atoms. The lowest BCUT2D eigenvalue weighted by Crippen LogP contribution is -2.24. The number of hydrogen-bond donors (Lipinski definition) is 1. The van der Waals surface area contributed by atoms with Crippen LogP contribution in [0.3, 0.4) is 0 Å². The van der Waals surface area contributed by atoms with Crippen LogP contribution in [-0.4, -0.2) is 16.5 Å². The molecule has 4 heteroatoms. The van der Waals surface area contributed by atoms with E-state index in [2.05, 4.69) is 61.1 Å². The molecule has 0 amide bonds. The fourth-order valence-corrected chi connectivity index (χ4v) is 4.42. The minimum Gasteiger partial charge on any atom is -0.334 e. The average Bonchev–Trinajstić information content (AvgIpc) is 2.78. The molecule has 0 aliphatic carbocycles. The standard InChI is InChI=1S/C15H21BrN2S/c1-5-15(6-2)9-19-14(18-15)17-13-11(4)7-10(3)8-12(13)16/h7-8H,5-6,9H2,1-4H3,(H,17,18). The SMILES string of the molecule is CCC1(CC)CSC(Nc2c(C)cc(C)cc2Br)=N1. The van der Waals surface area contributed by atoms with Gasteiger partial charge in [0.2, 0.25) is 0 Å². The second kappa shape index (κ2) is 5.88. The molecule has 0 bridgehead atoms. The highest BCUT2D eigenvalue weighted by Crippen LogP contribution is 2.35. The van der Waals surface area contributed by atoms with E-state index in [0.29, 0.717) is 0 Å². The Hall–Kier alpha value is -0.480. The molecule has 0 unspecified atom stereocenters. The van der Waals surface area contributed by atoms with Gasteiger partial charge in [-0.3, -0.25) is 4.99 Å². The fraction of sp³-hybridized carbons (Fsp3) is 0.533. The molecule has 104 valence electrons. The van der Waals surface area contributed by atoms with Crippen molar-refractivity contribution in [1.29, 1.82) is 0 Å². The van der Waals surface area contributed by atoms with Gasteiger partial charge in [0.1, 0.15) is 0 Å². The first-order valence-electron chi connectivity index (χ1n) is 6.76. The van der Waals surface area contributed by atoms with Crippen LogP contribution < -0.4 is 5.32 Å². The Kier molecular flexibility index (Phi) is 4.62. The number of thioether (sulfide) groups is 1. The summed E-state index contributed by atoms with van der Waals surface area (Å²) in [5, 5.41) is 4.55. The molecule has 1 aliphatic heterocycles. The summed E-state index contributed by atoms with van der Waals surface area (Å²) >= 11 is 5.47. The summed E-state index contributed by atoms with van der Waals surface area (Å²) in [6.07, 6.45) is 2.21. The lowest BCUT2D eigenvalue weighted by molar-refractivity contribution is 0.456. The smallest absolute Gasteiger partial charge is 0.161 e. The van der Waals surface area contributed by atoms with E-state index in [0.717, 1.165) is 33.9 Å². The van der Waals surface area contributed by atoms with Gasteiger partial charge in [-0.25, -0.2) is 0 Å². The largest absolute Gasteiger partial charge is 0.334 e. The highest BCUT2D eigenvalue weighted by molar-refractivity contribution is 9.10. The molecule has 0 fully saturated rings. The van der Waals surface area contributed by atoms with E-state index in [9.17, 15) is 0 Å². The molecule has 0 saturated heterocycles. The molecule has 2 nitrogen and oxygen atoms in total. The van der Waals surface area contributed by atoms with Gasteiger partial charge in [-0.15, -0.1) is 0 Å². The first-order chi connectivity index (χ1) is 8.99.